The van der Waals surface area contributed by atoms with E-state index in [2.05, 4.69) is 79.1 Å². The van der Waals surface area contributed by atoms with Crippen LogP contribution in [-0.2, 0) is 5.54 Å². The first-order chi connectivity index (χ1) is 11.9. The van der Waals surface area contributed by atoms with Gasteiger partial charge in [-0.3, -0.25) is 0 Å². The molecule has 0 amide bonds. The Balaban J connectivity index is 2.03. The summed E-state index contributed by atoms with van der Waals surface area (Å²) in [6.45, 7) is 13.5. The topological polar surface area (TPSA) is 48.0 Å². The van der Waals surface area contributed by atoms with Gasteiger partial charge in [0.2, 0.25) is 5.82 Å². The highest BCUT2D eigenvalue weighted by Gasteiger charge is 2.36. The summed E-state index contributed by atoms with van der Waals surface area (Å²) in [5.41, 5.74) is 2.53. The van der Waals surface area contributed by atoms with Crippen LogP contribution in [0.1, 0.15) is 70.0 Å². The van der Waals surface area contributed by atoms with Gasteiger partial charge in [-0.1, -0.05) is 43.7 Å². The molecule has 1 aliphatic rings. The van der Waals surface area contributed by atoms with Crippen molar-refractivity contribution < 1.29 is 4.90 Å². The van der Waals surface area contributed by atoms with Gasteiger partial charge in [0.25, 0.3) is 0 Å². The van der Waals surface area contributed by atoms with E-state index in [0.717, 1.165) is 18.2 Å². The summed E-state index contributed by atoms with van der Waals surface area (Å²) in [7, 11) is 0. The summed E-state index contributed by atoms with van der Waals surface area (Å²) in [4.78, 5) is 1.59. The number of aryl methyl sites for hydroxylation is 1. The summed E-state index contributed by atoms with van der Waals surface area (Å²) in [6.07, 6.45) is 3.55. The predicted octanol–water partition coefficient (Wildman–Crippen LogP) is 2.53. The molecule has 5 heteroatoms. The molecular weight excluding hydrogens is 310 g/mol. The quantitative estimate of drug-likeness (QED) is 0.908. The molecule has 1 atom stereocenters. The second kappa shape index (κ2) is 7.24. The smallest absolute Gasteiger partial charge is 0.214 e. The Hall–Kier alpha value is -1.75. The van der Waals surface area contributed by atoms with Gasteiger partial charge in [0, 0.05) is 5.56 Å². The fourth-order valence-corrected chi connectivity index (χ4v) is 3.70. The van der Waals surface area contributed by atoms with Gasteiger partial charge in [-0.15, -0.1) is 5.10 Å². The molecule has 25 heavy (non-hydrogen) atoms. The van der Waals surface area contributed by atoms with Gasteiger partial charge in [0.05, 0.1) is 18.6 Å². The number of nitrogens with one attached hydrogen (secondary N) is 1. The first-order valence-electron chi connectivity index (χ1n) is 9.62. The van der Waals surface area contributed by atoms with E-state index in [1.807, 2.05) is 0 Å². The minimum atomic E-state index is -0.0791. The molecule has 0 bridgehead atoms. The van der Waals surface area contributed by atoms with Crippen molar-refractivity contribution in [2.45, 2.75) is 65.5 Å². The van der Waals surface area contributed by atoms with Gasteiger partial charge < -0.3 is 4.90 Å². The number of likely N-dealkylation sites (tertiary alicyclic amines) is 1. The van der Waals surface area contributed by atoms with Gasteiger partial charge in [0.1, 0.15) is 0 Å². The van der Waals surface area contributed by atoms with Crippen LogP contribution in [-0.4, -0.2) is 33.3 Å². The molecule has 0 spiro atoms. The van der Waals surface area contributed by atoms with Crippen LogP contribution in [0, 0.1) is 12.8 Å². The zero-order chi connectivity index (χ0) is 18.0. The third kappa shape index (κ3) is 3.76. The van der Waals surface area contributed by atoms with Crippen LogP contribution in [0.2, 0.25) is 0 Å². The molecule has 1 N–H and O–H groups in total. The van der Waals surface area contributed by atoms with Crippen LogP contribution in [0.4, 0.5) is 0 Å². The SMILES string of the molecule is CCC(C)(C)n1nnnc1[C@H](c1ccc(C)cc1)[NH+]1CCC(C)CC1. The lowest BCUT2D eigenvalue weighted by Crippen LogP contribution is -3.13. The molecule has 136 valence electrons. The zero-order valence-electron chi connectivity index (χ0n) is 16.3. The average Bonchev–Trinajstić information content (AvgIpc) is 3.09. The van der Waals surface area contributed by atoms with Crippen LogP contribution in [0.15, 0.2) is 24.3 Å². The molecule has 1 aromatic heterocycles. The van der Waals surface area contributed by atoms with Gasteiger partial charge in [-0.05, 0) is 56.4 Å². The predicted molar refractivity (Wildman–Crippen MR) is 99.5 cm³/mol. The maximum atomic E-state index is 4.50. The normalized spacial score (nSPS) is 22.8. The van der Waals surface area contributed by atoms with Crippen LogP contribution in [0.3, 0.4) is 0 Å². The second-order valence-corrected chi connectivity index (χ2v) is 8.30. The van der Waals surface area contributed by atoms with Gasteiger partial charge in [-0.2, -0.15) is 0 Å². The molecule has 0 aliphatic carbocycles. The van der Waals surface area contributed by atoms with E-state index in [1.165, 1.54) is 37.1 Å². The molecule has 0 unspecified atom stereocenters. The monoisotopic (exact) mass is 342 g/mol. The van der Waals surface area contributed by atoms with Crippen molar-refractivity contribution >= 4 is 0 Å². The molecule has 5 nitrogen and oxygen atoms in total. The minimum absolute atomic E-state index is 0.0791. The number of rotatable bonds is 5. The molecule has 0 saturated carbocycles. The van der Waals surface area contributed by atoms with Crippen molar-refractivity contribution in [1.82, 2.24) is 20.2 Å². The van der Waals surface area contributed by atoms with Crippen LogP contribution in [0.25, 0.3) is 0 Å². The van der Waals surface area contributed by atoms with E-state index in [0.29, 0.717) is 0 Å². The number of benzene rings is 1. The Morgan fingerprint density at radius 3 is 2.44 bits per heavy atom. The van der Waals surface area contributed by atoms with Gasteiger partial charge >= 0.3 is 0 Å². The molecule has 1 saturated heterocycles. The maximum Gasteiger partial charge on any atom is 0.214 e. The molecule has 1 fully saturated rings. The third-order valence-electron chi connectivity index (χ3n) is 5.93. The summed E-state index contributed by atoms with van der Waals surface area (Å²) in [6, 6.07) is 9.11. The Bertz CT molecular complexity index is 680. The standard InChI is InChI=1S/C20H31N5/c1-6-20(4,5)25-19(21-22-23-25)18(17-9-7-15(2)8-10-17)24-13-11-16(3)12-14-24/h7-10,16,18H,6,11-14H2,1-5H3/p+1/t18-/m0/s1. The van der Waals surface area contributed by atoms with Crippen molar-refractivity contribution in [3.63, 3.8) is 0 Å². The Morgan fingerprint density at radius 2 is 1.84 bits per heavy atom. The van der Waals surface area contributed by atoms with Crippen molar-refractivity contribution in [1.29, 1.82) is 0 Å². The van der Waals surface area contributed by atoms with Crippen LogP contribution >= 0.6 is 0 Å². The first kappa shape index (κ1) is 18.1. The maximum absolute atomic E-state index is 4.50. The lowest BCUT2D eigenvalue weighted by atomic mass is 9.94. The largest absolute Gasteiger partial charge is 0.322 e. The van der Waals surface area contributed by atoms with E-state index in [4.69, 9.17) is 0 Å². The van der Waals surface area contributed by atoms with E-state index >= 15 is 0 Å². The number of hydrogen-bond acceptors (Lipinski definition) is 3. The van der Waals surface area contributed by atoms with Crippen molar-refractivity contribution in [3.8, 4) is 0 Å². The van der Waals surface area contributed by atoms with Crippen LogP contribution < -0.4 is 4.90 Å². The summed E-state index contributed by atoms with van der Waals surface area (Å²) in [5, 5.41) is 12.9. The molecule has 1 aliphatic heterocycles. The third-order valence-corrected chi connectivity index (χ3v) is 5.93. The van der Waals surface area contributed by atoms with E-state index in [9.17, 15) is 0 Å². The van der Waals surface area contributed by atoms with E-state index < -0.39 is 0 Å². The Labute approximate surface area is 151 Å². The lowest BCUT2D eigenvalue weighted by molar-refractivity contribution is -0.932. The van der Waals surface area contributed by atoms with Crippen molar-refractivity contribution in [2.24, 2.45) is 5.92 Å². The Kier molecular flexibility index (Phi) is 5.23. The minimum Gasteiger partial charge on any atom is -0.322 e. The first-order valence-corrected chi connectivity index (χ1v) is 9.62. The fourth-order valence-electron chi connectivity index (χ4n) is 3.70. The van der Waals surface area contributed by atoms with Gasteiger partial charge in [0.15, 0.2) is 6.04 Å². The number of piperidine rings is 1. The summed E-state index contributed by atoms with van der Waals surface area (Å²) >= 11 is 0. The number of quaternary nitrogens is 1. The zero-order valence-corrected chi connectivity index (χ0v) is 16.3. The van der Waals surface area contributed by atoms with Crippen LogP contribution in [0.5, 0.6) is 0 Å². The fraction of sp³-hybridized carbons (Fsp3) is 0.650. The summed E-state index contributed by atoms with van der Waals surface area (Å²) in [5.74, 6) is 1.82. The Morgan fingerprint density at radius 1 is 1.20 bits per heavy atom. The molecule has 1 aromatic carbocycles. The number of hydrogen-bond donors (Lipinski definition) is 1. The highest BCUT2D eigenvalue weighted by molar-refractivity contribution is 5.26. The molecule has 2 heterocycles. The summed E-state index contributed by atoms with van der Waals surface area (Å²) < 4.78 is 2.06. The average molecular weight is 343 g/mol. The van der Waals surface area contributed by atoms with Crippen molar-refractivity contribution in [3.05, 3.63) is 41.2 Å². The molecular formula is C20H32N5+. The van der Waals surface area contributed by atoms with E-state index in [-0.39, 0.29) is 11.6 Å². The second-order valence-electron chi connectivity index (χ2n) is 8.30. The molecule has 0 radical (unpaired) electrons. The molecule has 2 aromatic rings. The van der Waals surface area contributed by atoms with Gasteiger partial charge in [-0.25, -0.2) is 4.68 Å². The highest BCUT2D eigenvalue weighted by atomic mass is 15.6. The number of aromatic nitrogens is 4. The number of tetrazole rings is 1. The highest BCUT2D eigenvalue weighted by Crippen LogP contribution is 2.25. The lowest BCUT2D eigenvalue weighted by Gasteiger charge is -2.35. The molecule has 3 rings (SSSR count). The van der Waals surface area contributed by atoms with Crippen molar-refractivity contribution in [2.75, 3.05) is 13.1 Å². The van der Waals surface area contributed by atoms with E-state index in [1.54, 1.807) is 4.90 Å². The number of nitrogens with zero attached hydrogens (tertiary/aromatic N) is 4.